The molecule has 0 atom stereocenters. The second-order valence-corrected chi connectivity index (χ2v) is 8.85. The highest BCUT2D eigenvalue weighted by Gasteiger charge is 2.16. The third-order valence-electron chi connectivity index (χ3n) is 6.39. The predicted molar refractivity (Wildman–Crippen MR) is 138 cm³/mol. The van der Waals surface area contributed by atoms with Crippen LogP contribution in [0.15, 0.2) is 54.7 Å². The highest BCUT2D eigenvalue weighted by atomic mass is 16.2. The molecule has 1 aliphatic rings. The molecule has 1 aliphatic heterocycles. The molecule has 1 saturated heterocycles. The maximum atomic E-state index is 12.6. The van der Waals surface area contributed by atoms with Crippen LogP contribution in [0.2, 0.25) is 0 Å². The first-order valence-corrected chi connectivity index (χ1v) is 11.5. The van der Waals surface area contributed by atoms with E-state index in [0.29, 0.717) is 5.65 Å². The van der Waals surface area contributed by atoms with Crippen molar-refractivity contribution in [3.8, 4) is 11.1 Å². The highest BCUT2D eigenvalue weighted by Crippen LogP contribution is 2.29. The van der Waals surface area contributed by atoms with Gasteiger partial charge in [-0.25, -0.2) is 9.78 Å². The maximum absolute atomic E-state index is 12.6. The molecule has 8 nitrogen and oxygen atoms in total. The number of urea groups is 1. The van der Waals surface area contributed by atoms with E-state index in [4.69, 9.17) is 0 Å². The van der Waals surface area contributed by atoms with E-state index < -0.39 is 0 Å². The van der Waals surface area contributed by atoms with Gasteiger partial charge in [-0.2, -0.15) is 5.10 Å². The lowest BCUT2D eigenvalue weighted by Gasteiger charge is -2.35. The lowest BCUT2D eigenvalue weighted by Crippen LogP contribution is -2.44. The number of pyridine rings is 1. The molecule has 0 saturated carbocycles. The van der Waals surface area contributed by atoms with E-state index in [2.05, 4.69) is 55.7 Å². The number of benzene rings is 2. The largest absolute Gasteiger partial charge is 0.369 e. The number of aromatic amines is 1. The first-order chi connectivity index (χ1) is 16.5. The summed E-state index contributed by atoms with van der Waals surface area (Å²) in [4.78, 5) is 21.7. The van der Waals surface area contributed by atoms with Crippen LogP contribution in [0.5, 0.6) is 0 Å². The summed E-state index contributed by atoms with van der Waals surface area (Å²) in [6.45, 7) is 8.24. The van der Waals surface area contributed by atoms with Gasteiger partial charge in [-0.05, 0) is 74.0 Å². The second-order valence-electron chi connectivity index (χ2n) is 8.85. The van der Waals surface area contributed by atoms with Crippen LogP contribution in [0.25, 0.3) is 22.2 Å². The van der Waals surface area contributed by atoms with Crippen LogP contribution in [0, 0.1) is 13.8 Å². The van der Waals surface area contributed by atoms with Gasteiger partial charge >= 0.3 is 6.03 Å². The zero-order valence-electron chi connectivity index (χ0n) is 19.7. The average Bonchev–Trinajstić information content (AvgIpc) is 3.21. The maximum Gasteiger partial charge on any atom is 0.323 e. The molecule has 0 aliphatic carbocycles. The van der Waals surface area contributed by atoms with E-state index in [1.165, 1.54) is 5.69 Å². The van der Waals surface area contributed by atoms with E-state index in [-0.39, 0.29) is 6.03 Å². The summed E-state index contributed by atoms with van der Waals surface area (Å²) in [7, 11) is 2.15. The van der Waals surface area contributed by atoms with Gasteiger partial charge in [0.1, 0.15) is 0 Å². The Morgan fingerprint density at radius 1 is 0.941 bits per heavy atom. The number of aryl methyl sites for hydroxylation is 2. The Balaban J connectivity index is 1.24. The summed E-state index contributed by atoms with van der Waals surface area (Å²) in [5, 5.41) is 14.1. The monoisotopic (exact) mass is 455 g/mol. The number of hydrogen-bond acceptors (Lipinski definition) is 5. The Hall–Kier alpha value is -3.91. The molecule has 0 bridgehead atoms. The van der Waals surface area contributed by atoms with Gasteiger partial charge in [-0.1, -0.05) is 12.1 Å². The molecule has 2 amide bonds. The second kappa shape index (κ2) is 9.15. The number of nitrogens with zero attached hydrogens (tertiary/aromatic N) is 4. The molecule has 0 radical (unpaired) electrons. The van der Waals surface area contributed by atoms with Gasteiger partial charge in [0.2, 0.25) is 0 Å². The van der Waals surface area contributed by atoms with E-state index >= 15 is 0 Å². The Bertz CT molecular complexity index is 1320. The highest BCUT2D eigenvalue weighted by molar-refractivity contribution is 6.00. The molecule has 3 N–H and O–H groups in total. The van der Waals surface area contributed by atoms with E-state index in [0.717, 1.165) is 65.3 Å². The summed E-state index contributed by atoms with van der Waals surface area (Å²) >= 11 is 0. The molecule has 0 unspecified atom stereocenters. The Labute approximate surface area is 199 Å². The fraction of sp³-hybridized carbons (Fsp3) is 0.269. The van der Waals surface area contributed by atoms with Crippen molar-refractivity contribution in [2.45, 2.75) is 13.8 Å². The van der Waals surface area contributed by atoms with Gasteiger partial charge in [0, 0.05) is 60.5 Å². The van der Waals surface area contributed by atoms with Crippen LogP contribution < -0.4 is 15.5 Å². The van der Waals surface area contributed by atoms with Crippen molar-refractivity contribution in [1.82, 2.24) is 20.1 Å². The lowest BCUT2D eigenvalue weighted by atomic mass is 10.0. The molecule has 2 aromatic heterocycles. The zero-order valence-corrected chi connectivity index (χ0v) is 19.7. The van der Waals surface area contributed by atoms with E-state index in [1.807, 2.05) is 49.4 Å². The number of hydrogen-bond donors (Lipinski definition) is 3. The summed E-state index contributed by atoms with van der Waals surface area (Å²) in [6.07, 6.45) is 1.76. The van der Waals surface area contributed by atoms with Crippen molar-refractivity contribution < 1.29 is 4.79 Å². The number of amides is 2. The van der Waals surface area contributed by atoms with Gasteiger partial charge in [-0.3, -0.25) is 5.10 Å². The van der Waals surface area contributed by atoms with Crippen molar-refractivity contribution in [3.63, 3.8) is 0 Å². The molecule has 174 valence electrons. The third-order valence-corrected chi connectivity index (χ3v) is 6.39. The molecule has 0 spiro atoms. The predicted octanol–water partition coefficient (Wildman–Crippen LogP) is 4.64. The number of rotatable bonds is 4. The topological polar surface area (TPSA) is 89.2 Å². The summed E-state index contributed by atoms with van der Waals surface area (Å²) in [5.41, 5.74) is 7.67. The number of anilines is 3. The van der Waals surface area contributed by atoms with Crippen LogP contribution in [-0.4, -0.2) is 59.3 Å². The fourth-order valence-corrected chi connectivity index (χ4v) is 4.50. The van der Waals surface area contributed by atoms with Crippen molar-refractivity contribution >= 4 is 34.1 Å². The van der Waals surface area contributed by atoms with Gasteiger partial charge in [0.15, 0.2) is 5.65 Å². The van der Waals surface area contributed by atoms with Crippen molar-refractivity contribution in [1.29, 1.82) is 0 Å². The standard InChI is InChI=1S/C26H29N7O/c1-17-16-21(8-9-23(17)33-14-12-32(3)13-15-33)29-26(34)28-20-6-4-19(5-7-20)22-10-11-27-25-24(22)18(2)30-31-25/h4-11,16H,12-15H2,1-3H3,(H,27,30,31)(H2,28,29,34). The minimum absolute atomic E-state index is 0.267. The van der Waals surface area contributed by atoms with E-state index in [9.17, 15) is 4.79 Å². The fourth-order valence-electron chi connectivity index (χ4n) is 4.50. The molecule has 2 aromatic carbocycles. The first kappa shape index (κ1) is 21.9. The van der Waals surface area contributed by atoms with Crippen LogP contribution in [0.3, 0.4) is 0 Å². The molecular formula is C26H29N7O. The summed E-state index contributed by atoms with van der Waals surface area (Å²) in [6, 6.07) is 15.6. The number of H-pyrrole nitrogens is 1. The quantitative estimate of drug-likeness (QED) is 0.417. The molecule has 1 fully saturated rings. The van der Waals surface area contributed by atoms with E-state index in [1.54, 1.807) is 6.20 Å². The van der Waals surface area contributed by atoms with Crippen molar-refractivity contribution in [2.75, 3.05) is 48.8 Å². The molecular weight excluding hydrogens is 426 g/mol. The average molecular weight is 456 g/mol. The molecule has 4 aromatic rings. The molecule has 8 heteroatoms. The number of carbonyl (C=O) groups is 1. The zero-order chi connectivity index (χ0) is 23.7. The number of piperazine rings is 1. The van der Waals surface area contributed by atoms with Crippen molar-refractivity contribution in [2.24, 2.45) is 0 Å². The van der Waals surface area contributed by atoms with Crippen molar-refractivity contribution in [3.05, 3.63) is 66.0 Å². The molecule has 3 heterocycles. The lowest BCUT2D eigenvalue weighted by molar-refractivity contribution is 0.262. The van der Waals surface area contributed by atoms with Gasteiger partial charge in [0.25, 0.3) is 0 Å². The number of nitrogens with one attached hydrogen (secondary N) is 3. The number of aromatic nitrogens is 3. The van der Waals surface area contributed by atoms with Crippen LogP contribution >= 0.6 is 0 Å². The normalized spacial score (nSPS) is 14.4. The van der Waals surface area contributed by atoms with Crippen LogP contribution in [0.1, 0.15) is 11.3 Å². The number of fused-ring (bicyclic) bond motifs is 1. The Morgan fingerprint density at radius 3 is 2.38 bits per heavy atom. The van der Waals surface area contributed by atoms with Crippen LogP contribution in [-0.2, 0) is 0 Å². The van der Waals surface area contributed by atoms with Gasteiger partial charge < -0.3 is 20.4 Å². The molecule has 34 heavy (non-hydrogen) atoms. The third kappa shape index (κ3) is 4.45. The number of carbonyl (C=O) groups excluding carboxylic acids is 1. The summed E-state index contributed by atoms with van der Waals surface area (Å²) in [5.74, 6) is 0. The molecule has 5 rings (SSSR count). The Morgan fingerprint density at radius 2 is 1.65 bits per heavy atom. The first-order valence-electron chi connectivity index (χ1n) is 11.5. The smallest absolute Gasteiger partial charge is 0.323 e. The number of likely N-dealkylation sites (N-methyl/N-ethyl adjacent to an activating group) is 1. The van der Waals surface area contributed by atoms with Gasteiger partial charge in [-0.15, -0.1) is 0 Å². The minimum atomic E-state index is -0.267. The minimum Gasteiger partial charge on any atom is -0.369 e. The Kier molecular flexibility index (Phi) is 5.90. The summed E-state index contributed by atoms with van der Waals surface area (Å²) < 4.78 is 0. The van der Waals surface area contributed by atoms with Gasteiger partial charge in [0.05, 0.1) is 0 Å². The SMILES string of the molecule is Cc1cc(NC(=O)Nc2ccc(-c3ccnc4n[nH]c(C)c34)cc2)ccc1N1CCN(C)CC1. The van der Waals surface area contributed by atoms with Crippen LogP contribution in [0.4, 0.5) is 21.9 Å².